The van der Waals surface area contributed by atoms with Crippen molar-refractivity contribution in [3.05, 3.63) is 23.8 Å². The first-order valence-electron chi connectivity index (χ1n) is 8.58. The van der Waals surface area contributed by atoms with E-state index in [1.807, 2.05) is 13.8 Å². The zero-order valence-electron chi connectivity index (χ0n) is 16.3. The fraction of sp³-hybridized carbons (Fsp3) is 0.556. The summed E-state index contributed by atoms with van der Waals surface area (Å²) in [5, 5.41) is 2.78. The summed E-state index contributed by atoms with van der Waals surface area (Å²) < 4.78 is 34.2. The third-order valence-corrected chi connectivity index (χ3v) is 3.65. The Morgan fingerprint density at radius 1 is 1.22 bits per heavy atom. The number of likely N-dealkylation sites (N-methyl/N-ethyl adjacent to an activating group) is 2. The molecule has 0 saturated heterocycles. The fourth-order valence-corrected chi connectivity index (χ4v) is 2.47. The highest BCUT2D eigenvalue weighted by molar-refractivity contribution is 5.79. The molecule has 0 saturated carbocycles. The topological polar surface area (TPSA) is 72.3 Å². The van der Waals surface area contributed by atoms with Gasteiger partial charge in [-0.3, -0.25) is 9.59 Å². The average molecular weight is 388 g/mol. The minimum atomic E-state index is -2.94. The van der Waals surface area contributed by atoms with Crippen LogP contribution in [0, 0.1) is 0 Å². The van der Waals surface area contributed by atoms with Crippen molar-refractivity contribution in [1.82, 2.24) is 10.2 Å². The first kappa shape index (κ1) is 22.6. The molecule has 2 amide bonds. The second kappa shape index (κ2) is 10.7. The van der Waals surface area contributed by atoms with E-state index in [4.69, 9.17) is 4.74 Å². The maximum atomic E-state index is 12.4. The molecular weight excluding hydrogens is 360 g/mol. The van der Waals surface area contributed by atoms with Crippen molar-refractivity contribution in [3.63, 3.8) is 0 Å². The van der Waals surface area contributed by atoms with Gasteiger partial charge in [-0.05, 0) is 31.5 Å². The summed E-state index contributed by atoms with van der Waals surface area (Å²) in [6.07, 6.45) is 0. The molecule has 1 aromatic rings. The Balaban J connectivity index is 2.63. The van der Waals surface area contributed by atoms with Crippen LogP contribution in [0.1, 0.15) is 19.4 Å². The van der Waals surface area contributed by atoms with Crippen LogP contribution in [0.5, 0.6) is 11.5 Å². The summed E-state index contributed by atoms with van der Waals surface area (Å²) in [6.45, 7) is 1.43. The van der Waals surface area contributed by atoms with E-state index in [1.54, 1.807) is 26.2 Å². The number of amides is 2. The predicted octanol–water partition coefficient (Wildman–Crippen LogP) is 0.294. The number of benzene rings is 1. The lowest BCUT2D eigenvalue weighted by atomic mass is 10.2. The van der Waals surface area contributed by atoms with Gasteiger partial charge in [-0.2, -0.15) is 8.78 Å². The maximum Gasteiger partial charge on any atom is 0.387 e. The molecule has 0 radical (unpaired) electrons. The van der Waals surface area contributed by atoms with E-state index in [2.05, 4.69) is 10.1 Å². The summed E-state index contributed by atoms with van der Waals surface area (Å²) >= 11 is 0. The molecule has 9 heteroatoms. The highest BCUT2D eigenvalue weighted by Gasteiger charge is 2.18. The summed E-state index contributed by atoms with van der Waals surface area (Å²) in [4.78, 5) is 26.4. The number of methoxy groups -OCH3 is 1. The van der Waals surface area contributed by atoms with Crippen molar-refractivity contribution in [2.75, 3.05) is 34.3 Å². The number of nitrogens with one attached hydrogen (secondary N) is 2. The fourth-order valence-electron chi connectivity index (χ4n) is 2.47. The molecule has 2 N–H and O–H groups in total. The third-order valence-electron chi connectivity index (χ3n) is 3.65. The number of hydrogen-bond acceptors (Lipinski definition) is 4. The van der Waals surface area contributed by atoms with Gasteiger partial charge in [-0.1, -0.05) is 6.07 Å². The molecule has 1 unspecified atom stereocenters. The minimum Gasteiger partial charge on any atom is -0.493 e. The van der Waals surface area contributed by atoms with E-state index in [9.17, 15) is 18.4 Å². The summed E-state index contributed by atoms with van der Waals surface area (Å²) in [5.74, 6) is -0.152. The van der Waals surface area contributed by atoms with E-state index in [-0.39, 0.29) is 49.0 Å². The van der Waals surface area contributed by atoms with E-state index < -0.39 is 6.61 Å². The van der Waals surface area contributed by atoms with Gasteiger partial charge in [-0.15, -0.1) is 0 Å². The second-order valence-corrected chi connectivity index (χ2v) is 6.65. The lowest BCUT2D eigenvalue weighted by Crippen LogP contribution is -3.11. The summed E-state index contributed by atoms with van der Waals surface area (Å²) in [5.41, 5.74) is 0.708. The largest absolute Gasteiger partial charge is 0.493 e. The molecule has 1 rings (SSSR count). The van der Waals surface area contributed by atoms with Crippen molar-refractivity contribution < 1.29 is 32.7 Å². The molecule has 0 heterocycles. The monoisotopic (exact) mass is 388 g/mol. The zero-order chi connectivity index (χ0) is 20.6. The van der Waals surface area contributed by atoms with Crippen LogP contribution in [0.15, 0.2) is 18.2 Å². The average Bonchev–Trinajstić information content (AvgIpc) is 2.54. The van der Waals surface area contributed by atoms with Gasteiger partial charge in [0.1, 0.15) is 0 Å². The highest BCUT2D eigenvalue weighted by Crippen LogP contribution is 2.29. The van der Waals surface area contributed by atoms with Gasteiger partial charge >= 0.3 is 6.61 Å². The van der Waals surface area contributed by atoms with Crippen molar-refractivity contribution in [1.29, 1.82) is 0 Å². The summed E-state index contributed by atoms with van der Waals surface area (Å²) in [6, 6.07) is 4.58. The molecule has 0 bridgehead atoms. The Labute approximate surface area is 158 Å². The normalized spacial score (nSPS) is 12.0. The van der Waals surface area contributed by atoms with Crippen LogP contribution in [0.4, 0.5) is 8.78 Å². The molecule has 7 nitrogen and oxygen atoms in total. The van der Waals surface area contributed by atoms with Crippen LogP contribution in [0.3, 0.4) is 0 Å². The van der Waals surface area contributed by atoms with Gasteiger partial charge in [0.2, 0.25) is 0 Å². The third kappa shape index (κ3) is 8.21. The molecule has 152 valence electrons. The number of rotatable bonds is 10. The smallest absolute Gasteiger partial charge is 0.387 e. The SMILES string of the molecule is COc1cc(CN(C)C(=O)C[NH+](C)CC(=O)NC(C)C)ccc1OC(F)F. The number of carbonyl (C=O) groups is 2. The number of hydrogen-bond donors (Lipinski definition) is 2. The Morgan fingerprint density at radius 2 is 1.89 bits per heavy atom. The molecular formula is C18H28F2N3O4+. The lowest BCUT2D eigenvalue weighted by Gasteiger charge is -2.21. The van der Waals surface area contributed by atoms with Crippen LogP contribution < -0.4 is 19.7 Å². The highest BCUT2D eigenvalue weighted by atomic mass is 19.3. The van der Waals surface area contributed by atoms with Gasteiger partial charge in [-0.25, -0.2) is 0 Å². The van der Waals surface area contributed by atoms with E-state index >= 15 is 0 Å². The Hall–Kier alpha value is -2.42. The number of ether oxygens (including phenoxy) is 2. The molecule has 0 aliphatic heterocycles. The van der Waals surface area contributed by atoms with Gasteiger partial charge in [0.15, 0.2) is 24.6 Å². The first-order chi connectivity index (χ1) is 12.6. The molecule has 0 spiro atoms. The zero-order valence-corrected chi connectivity index (χ0v) is 16.3. The van der Waals surface area contributed by atoms with Crippen LogP contribution in [-0.2, 0) is 16.1 Å². The number of alkyl halides is 2. The number of nitrogens with zero attached hydrogens (tertiary/aromatic N) is 1. The van der Waals surface area contributed by atoms with Crippen LogP contribution in [0.2, 0.25) is 0 Å². The van der Waals surface area contributed by atoms with Crippen LogP contribution in [0.25, 0.3) is 0 Å². The van der Waals surface area contributed by atoms with Crippen LogP contribution >= 0.6 is 0 Å². The molecule has 0 aliphatic carbocycles. The summed E-state index contributed by atoms with van der Waals surface area (Å²) in [7, 11) is 4.76. The van der Waals surface area contributed by atoms with Gasteiger partial charge < -0.3 is 24.6 Å². The van der Waals surface area contributed by atoms with E-state index in [0.29, 0.717) is 5.56 Å². The van der Waals surface area contributed by atoms with Crippen LogP contribution in [-0.4, -0.2) is 63.7 Å². The molecule has 0 fully saturated rings. The molecule has 0 aliphatic rings. The lowest BCUT2D eigenvalue weighted by molar-refractivity contribution is -0.863. The maximum absolute atomic E-state index is 12.4. The van der Waals surface area contributed by atoms with Crippen molar-refractivity contribution >= 4 is 11.8 Å². The Bertz CT molecular complexity index is 641. The standard InChI is InChI=1S/C18H27F2N3O4/c1-12(2)21-16(24)10-22(3)11-17(25)23(4)9-13-6-7-14(27-18(19)20)15(8-13)26-5/h6-8,12,18H,9-11H2,1-5H3,(H,21,24)/p+1. The van der Waals surface area contributed by atoms with Crippen molar-refractivity contribution in [2.45, 2.75) is 33.0 Å². The number of quaternary nitrogens is 1. The Morgan fingerprint density at radius 3 is 2.44 bits per heavy atom. The second-order valence-electron chi connectivity index (χ2n) is 6.65. The minimum absolute atomic E-state index is 0.0516. The van der Waals surface area contributed by atoms with E-state index in [0.717, 1.165) is 4.90 Å². The van der Waals surface area contributed by atoms with E-state index in [1.165, 1.54) is 18.1 Å². The molecule has 1 atom stereocenters. The van der Waals surface area contributed by atoms with Crippen molar-refractivity contribution in [3.8, 4) is 11.5 Å². The number of carbonyl (C=O) groups excluding carboxylic acids is 2. The van der Waals surface area contributed by atoms with Gasteiger partial charge in [0.05, 0.1) is 14.2 Å². The molecule has 0 aromatic heterocycles. The van der Waals surface area contributed by atoms with Gasteiger partial charge in [0, 0.05) is 19.6 Å². The quantitative estimate of drug-likeness (QED) is 0.605. The van der Waals surface area contributed by atoms with Crippen molar-refractivity contribution in [2.24, 2.45) is 0 Å². The molecule has 27 heavy (non-hydrogen) atoms. The number of halogens is 2. The molecule has 1 aromatic carbocycles. The predicted molar refractivity (Wildman–Crippen MR) is 96.0 cm³/mol. The van der Waals surface area contributed by atoms with Gasteiger partial charge in [0.25, 0.3) is 11.8 Å². The first-order valence-corrected chi connectivity index (χ1v) is 8.58. The Kier molecular flexibility index (Phi) is 8.93.